The molecule has 1 aromatic rings. The molecule has 0 saturated heterocycles. The number of methoxy groups -OCH3 is 3. The number of benzene rings is 1. The summed E-state index contributed by atoms with van der Waals surface area (Å²) < 4.78 is 15.0. The molecule has 0 radical (unpaired) electrons. The Kier molecular flexibility index (Phi) is 5.30. The third-order valence-electron chi connectivity index (χ3n) is 2.69. The van der Waals surface area contributed by atoms with E-state index in [1.165, 1.54) is 7.11 Å². The standard InChI is InChI=1S/C13H19NO4/c1-9-7-10(16-2)8-12(17-3)11(9)5-6-14-13(15)18-4/h7-8H,5-6H2,1-4H3,(H,14,15). The highest BCUT2D eigenvalue weighted by atomic mass is 16.5. The molecule has 1 N–H and O–H groups in total. The Morgan fingerprint density at radius 1 is 1.22 bits per heavy atom. The van der Waals surface area contributed by atoms with Crippen LogP contribution in [0.3, 0.4) is 0 Å². The molecule has 1 aromatic carbocycles. The molecule has 0 aliphatic rings. The summed E-state index contributed by atoms with van der Waals surface area (Å²) in [5.74, 6) is 1.52. The predicted octanol–water partition coefficient (Wildman–Crippen LogP) is 1.91. The summed E-state index contributed by atoms with van der Waals surface area (Å²) in [5, 5.41) is 2.64. The Labute approximate surface area is 107 Å². The van der Waals surface area contributed by atoms with Gasteiger partial charge in [0, 0.05) is 12.6 Å². The molecule has 5 heteroatoms. The van der Waals surface area contributed by atoms with Crippen molar-refractivity contribution in [1.29, 1.82) is 0 Å². The summed E-state index contributed by atoms with van der Waals surface area (Å²) in [7, 11) is 4.58. The number of hydrogen-bond acceptors (Lipinski definition) is 4. The zero-order valence-electron chi connectivity index (χ0n) is 11.2. The molecule has 0 aliphatic carbocycles. The average Bonchev–Trinajstić information content (AvgIpc) is 2.39. The van der Waals surface area contributed by atoms with Crippen LogP contribution in [0.2, 0.25) is 0 Å². The van der Waals surface area contributed by atoms with Crippen LogP contribution in [0, 0.1) is 6.92 Å². The third kappa shape index (κ3) is 3.55. The maximum Gasteiger partial charge on any atom is 0.406 e. The van der Waals surface area contributed by atoms with Gasteiger partial charge in [0.05, 0.1) is 21.3 Å². The Balaban J connectivity index is 2.78. The monoisotopic (exact) mass is 253 g/mol. The van der Waals surface area contributed by atoms with Crippen molar-refractivity contribution in [2.75, 3.05) is 27.9 Å². The molecular weight excluding hydrogens is 234 g/mol. The molecular formula is C13H19NO4. The molecule has 0 bridgehead atoms. The SMILES string of the molecule is COC(=O)NCCc1c(C)cc(OC)cc1OC. The lowest BCUT2D eigenvalue weighted by Crippen LogP contribution is -2.25. The van der Waals surface area contributed by atoms with Gasteiger partial charge in [-0.15, -0.1) is 0 Å². The minimum absolute atomic E-state index is 0.430. The summed E-state index contributed by atoms with van der Waals surface area (Å²) in [6.07, 6.45) is 0.244. The largest absolute Gasteiger partial charge is 0.497 e. The normalized spacial score (nSPS) is 9.78. The molecule has 100 valence electrons. The first-order valence-corrected chi connectivity index (χ1v) is 5.65. The first-order chi connectivity index (χ1) is 8.62. The van der Waals surface area contributed by atoms with Crippen molar-refractivity contribution in [2.24, 2.45) is 0 Å². The van der Waals surface area contributed by atoms with Crippen molar-refractivity contribution in [2.45, 2.75) is 13.3 Å². The molecule has 0 heterocycles. The van der Waals surface area contributed by atoms with Gasteiger partial charge in [-0.2, -0.15) is 0 Å². The molecule has 18 heavy (non-hydrogen) atoms. The molecule has 0 fully saturated rings. The van der Waals surface area contributed by atoms with Crippen LogP contribution in [-0.2, 0) is 11.2 Å². The maximum atomic E-state index is 11.0. The summed E-state index contributed by atoms with van der Waals surface area (Å²) >= 11 is 0. The fourth-order valence-corrected chi connectivity index (χ4v) is 1.73. The molecule has 0 atom stereocenters. The van der Waals surface area contributed by atoms with E-state index in [2.05, 4.69) is 10.1 Å². The van der Waals surface area contributed by atoms with Crippen molar-refractivity contribution in [1.82, 2.24) is 5.32 Å². The highest BCUT2D eigenvalue weighted by Crippen LogP contribution is 2.28. The van der Waals surface area contributed by atoms with E-state index in [4.69, 9.17) is 9.47 Å². The van der Waals surface area contributed by atoms with E-state index in [0.29, 0.717) is 13.0 Å². The van der Waals surface area contributed by atoms with Gasteiger partial charge in [0.25, 0.3) is 0 Å². The van der Waals surface area contributed by atoms with Gasteiger partial charge < -0.3 is 19.5 Å². The lowest BCUT2D eigenvalue weighted by Gasteiger charge is -2.14. The van der Waals surface area contributed by atoms with E-state index < -0.39 is 6.09 Å². The second-order valence-corrected chi connectivity index (χ2v) is 3.79. The van der Waals surface area contributed by atoms with Gasteiger partial charge in [-0.05, 0) is 30.5 Å². The van der Waals surface area contributed by atoms with Gasteiger partial charge in [0.15, 0.2) is 0 Å². The van der Waals surface area contributed by atoms with Crippen molar-refractivity contribution < 1.29 is 19.0 Å². The highest BCUT2D eigenvalue weighted by Gasteiger charge is 2.10. The lowest BCUT2D eigenvalue weighted by atomic mass is 10.0. The minimum Gasteiger partial charge on any atom is -0.497 e. The number of nitrogens with one attached hydrogen (secondary N) is 1. The first kappa shape index (κ1) is 14.2. The molecule has 1 amide bonds. The van der Waals surface area contributed by atoms with Crippen LogP contribution in [0.5, 0.6) is 11.5 Å². The van der Waals surface area contributed by atoms with Gasteiger partial charge in [-0.3, -0.25) is 0 Å². The number of rotatable bonds is 5. The third-order valence-corrected chi connectivity index (χ3v) is 2.69. The van der Waals surface area contributed by atoms with E-state index in [1.807, 2.05) is 19.1 Å². The Bertz CT molecular complexity index is 418. The number of aryl methyl sites for hydroxylation is 1. The van der Waals surface area contributed by atoms with Gasteiger partial charge in [0.2, 0.25) is 0 Å². The summed E-state index contributed by atoms with van der Waals surface area (Å²) in [5.41, 5.74) is 2.12. The minimum atomic E-state index is -0.430. The van der Waals surface area contributed by atoms with E-state index in [9.17, 15) is 4.79 Å². The van der Waals surface area contributed by atoms with Gasteiger partial charge in [0.1, 0.15) is 11.5 Å². The van der Waals surface area contributed by atoms with Crippen LogP contribution in [0.15, 0.2) is 12.1 Å². The van der Waals surface area contributed by atoms with E-state index in [-0.39, 0.29) is 0 Å². The predicted molar refractivity (Wildman–Crippen MR) is 68.4 cm³/mol. The second-order valence-electron chi connectivity index (χ2n) is 3.79. The number of carbonyl (C=O) groups excluding carboxylic acids is 1. The summed E-state index contributed by atoms with van der Waals surface area (Å²) in [6, 6.07) is 3.77. The van der Waals surface area contributed by atoms with Gasteiger partial charge in [-0.25, -0.2) is 4.79 Å². The Morgan fingerprint density at radius 2 is 1.94 bits per heavy atom. The van der Waals surface area contributed by atoms with Crippen molar-refractivity contribution in [3.8, 4) is 11.5 Å². The lowest BCUT2D eigenvalue weighted by molar-refractivity contribution is 0.171. The van der Waals surface area contributed by atoms with Crippen molar-refractivity contribution in [3.63, 3.8) is 0 Å². The first-order valence-electron chi connectivity index (χ1n) is 5.65. The van der Waals surface area contributed by atoms with Crippen LogP contribution in [0.25, 0.3) is 0 Å². The second kappa shape index (κ2) is 6.74. The van der Waals surface area contributed by atoms with Crippen LogP contribution in [-0.4, -0.2) is 34.0 Å². The fourth-order valence-electron chi connectivity index (χ4n) is 1.73. The topological polar surface area (TPSA) is 56.8 Å². The number of hydrogen-bond donors (Lipinski definition) is 1. The molecule has 0 aliphatic heterocycles. The van der Waals surface area contributed by atoms with Gasteiger partial charge >= 0.3 is 6.09 Å². The Morgan fingerprint density at radius 3 is 2.50 bits per heavy atom. The highest BCUT2D eigenvalue weighted by molar-refractivity contribution is 5.66. The number of carbonyl (C=O) groups is 1. The molecule has 0 spiro atoms. The van der Waals surface area contributed by atoms with Crippen LogP contribution < -0.4 is 14.8 Å². The molecule has 0 unspecified atom stereocenters. The summed E-state index contributed by atoms with van der Waals surface area (Å²) in [6.45, 7) is 2.48. The Hall–Kier alpha value is -1.91. The maximum absolute atomic E-state index is 11.0. The molecule has 0 saturated carbocycles. The van der Waals surface area contributed by atoms with Crippen molar-refractivity contribution in [3.05, 3.63) is 23.3 Å². The number of amides is 1. The van der Waals surface area contributed by atoms with Gasteiger partial charge in [-0.1, -0.05) is 0 Å². The van der Waals surface area contributed by atoms with Crippen LogP contribution in [0.4, 0.5) is 4.79 Å². The van der Waals surface area contributed by atoms with Crippen LogP contribution >= 0.6 is 0 Å². The van der Waals surface area contributed by atoms with E-state index in [1.54, 1.807) is 14.2 Å². The number of ether oxygens (including phenoxy) is 3. The number of alkyl carbamates (subject to hydrolysis) is 1. The molecule has 1 rings (SSSR count). The zero-order valence-corrected chi connectivity index (χ0v) is 11.2. The summed E-state index contributed by atoms with van der Waals surface area (Å²) in [4.78, 5) is 11.0. The molecule has 0 aromatic heterocycles. The van der Waals surface area contributed by atoms with Crippen molar-refractivity contribution >= 4 is 6.09 Å². The molecule has 5 nitrogen and oxygen atoms in total. The quantitative estimate of drug-likeness (QED) is 0.871. The smallest absolute Gasteiger partial charge is 0.406 e. The zero-order chi connectivity index (χ0) is 13.5. The van der Waals surface area contributed by atoms with Crippen LogP contribution in [0.1, 0.15) is 11.1 Å². The fraction of sp³-hybridized carbons (Fsp3) is 0.462. The van der Waals surface area contributed by atoms with E-state index in [0.717, 1.165) is 22.6 Å². The van der Waals surface area contributed by atoms with E-state index >= 15 is 0 Å². The average molecular weight is 253 g/mol.